The number of hydrogen-bond acceptors (Lipinski definition) is 1. The van der Waals surface area contributed by atoms with E-state index < -0.39 is 0 Å². The first kappa shape index (κ1) is 6.75. The molecule has 2 nitrogen and oxygen atoms in total. The lowest BCUT2D eigenvalue weighted by Crippen LogP contribution is -3.15. The molecule has 1 aliphatic heterocycles. The Bertz CT molecular complexity index is 124. The lowest BCUT2D eigenvalue weighted by atomic mass is 10.0. The number of carbonyl (C=O) groups is 1. The fourth-order valence-corrected chi connectivity index (χ4v) is 1.38. The lowest BCUT2D eigenvalue weighted by molar-refractivity contribution is -0.905. The van der Waals surface area contributed by atoms with Gasteiger partial charge in [-0.05, 0) is 6.92 Å². The van der Waals surface area contributed by atoms with E-state index in [0.717, 1.165) is 19.3 Å². The van der Waals surface area contributed by atoms with E-state index in [4.69, 9.17) is 0 Å². The van der Waals surface area contributed by atoms with Gasteiger partial charge in [-0.2, -0.15) is 0 Å². The molecule has 0 spiro atoms. The third-order valence-corrected chi connectivity index (χ3v) is 2.48. The predicted octanol–water partition coefficient (Wildman–Crippen LogP) is -0.748. The van der Waals surface area contributed by atoms with E-state index in [1.807, 2.05) is 6.92 Å². The first-order valence-corrected chi connectivity index (χ1v) is 3.48. The number of carbonyl (C=O) groups excluding carboxylic acids is 1. The Morgan fingerprint density at radius 3 is 2.56 bits per heavy atom. The minimum Gasteiger partial charge on any atom is -0.327 e. The number of aldehydes is 1. The molecule has 2 atom stereocenters. The predicted molar refractivity (Wildman–Crippen MR) is 35.5 cm³/mol. The molecule has 52 valence electrons. The molecule has 1 saturated heterocycles. The molecule has 0 aromatic rings. The molecule has 1 heterocycles. The topological polar surface area (TPSA) is 21.5 Å². The zero-order valence-corrected chi connectivity index (χ0v) is 6.11. The maximum Gasteiger partial charge on any atom is 0.179 e. The minimum absolute atomic E-state index is 0.0694. The van der Waals surface area contributed by atoms with Gasteiger partial charge in [0.1, 0.15) is 0 Å². The SMILES string of the molecule is C[NH+]1CCC[C@]1(C)C=O. The summed E-state index contributed by atoms with van der Waals surface area (Å²) in [6.45, 7) is 3.18. The lowest BCUT2D eigenvalue weighted by Gasteiger charge is -2.21. The maximum atomic E-state index is 10.5. The summed E-state index contributed by atoms with van der Waals surface area (Å²) in [5.41, 5.74) is -0.0694. The van der Waals surface area contributed by atoms with Gasteiger partial charge in [0.05, 0.1) is 13.6 Å². The molecule has 1 rings (SSSR count). The highest BCUT2D eigenvalue weighted by Crippen LogP contribution is 2.08. The van der Waals surface area contributed by atoms with Gasteiger partial charge >= 0.3 is 0 Å². The number of likely N-dealkylation sites (tertiary alicyclic amines) is 1. The van der Waals surface area contributed by atoms with Gasteiger partial charge in [0.25, 0.3) is 0 Å². The van der Waals surface area contributed by atoms with Gasteiger partial charge in [-0.25, -0.2) is 0 Å². The van der Waals surface area contributed by atoms with Gasteiger partial charge in [0, 0.05) is 12.8 Å². The van der Waals surface area contributed by atoms with Gasteiger partial charge in [0.15, 0.2) is 11.8 Å². The maximum absolute atomic E-state index is 10.5. The fraction of sp³-hybridized carbons (Fsp3) is 0.857. The van der Waals surface area contributed by atoms with E-state index in [1.165, 1.54) is 11.3 Å². The van der Waals surface area contributed by atoms with Crippen LogP contribution >= 0.6 is 0 Å². The largest absolute Gasteiger partial charge is 0.327 e. The Balaban J connectivity index is 2.66. The highest BCUT2D eigenvalue weighted by atomic mass is 16.1. The van der Waals surface area contributed by atoms with Crippen molar-refractivity contribution in [3.05, 3.63) is 0 Å². The van der Waals surface area contributed by atoms with Crippen LogP contribution in [-0.2, 0) is 4.79 Å². The summed E-state index contributed by atoms with van der Waals surface area (Å²) in [6.07, 6.45) is 3.35. The van der Waals surface area contributed by atoms with Crippen molar-refractivity contribution in [1.82, 2.24) is 0 Å². The van der Waals surface area contributed by atoms with Crippen molar-refractivity contribution >= 4 is 6.29 Å². The van der Waals surface area contributed by atoms with Crippen molar-refractivity contribution in [2.75, 3.05) is 13.6 Å². The summed E-state index contributed by atoms with van der Waals surface area (Å²) in [4.78, 5) is 11.9. The first-order chi connectivity index (χ1) is 4.19. The third kappa shape index (κ3) is 0.990. The molecule has 9 heavy (non-hydrogen) atoms. The van der Waals surface area contributed by atoms with Crippen molar-refractivity contribution in [1.29, 1.82) is 0 Å². The second kappa shape index (κ2) is 2.10. The van der Waals surface area contributed by atoms with Crippen LogP contribution in [0.15, 0.2) is 0 Å². The van der Waals surface area contributed by atoms with Gasteiger partial charge < -0.3 is 4.90 Å². The van der Waals surface area contributed by atoms with E-state index in [1.54, 1.807) is 0 Å². The molecule has 0 aliphatic carbocycles. The number of rotatable bonds is 1. The average Bonchev–Trinajstić information content (AvgIpc) is 2.15. The molecule has 2 heteroatoms. The van der Waals surface area contributed by atoms with E-state index in [0.29, 0.717) is 0 Å². The standard InChI is InChI=1S/C7H13NO/c1-7(6-9)4-3-5-8(7)2/h6H,3-5H2,1-2H3/p+1/t7-/m1/s1. The summed E-state index contributed by atoms with van der Waals surface area (Å²) in [7, 11) is 2.08. The van der Waals surface area contributed by atoms with Crippen LogP contribution in [0.4, 0.5) is 0 Å². The first-order valence-electron chi connectivity index (χ1n) is 3.48. The quantitative estimate of drug-likeness (QED) is 0.461. The molecule has 0 bridgehead atoms. The normalized spacial score (nSPS) is 43.1. The Morgan fingerprint density at radius 1 is 1.67 bits per heavy atom. The van der Waals surface area contributed by atoms with Crippen LogP contribution in [0, 0.1) is 0 Å². The smallest absolute Gasteiger partial charge is 0.179 e. The summed E-state index contributed by atoms with van der Waals surface area (Å²) in [6, 6.07) is 0. The van der Waals surface area contributed by atoms with E-state index in [9.17, 15) is 4.79 Å². The van der Waals surface area contributed by atoms with Gasteiger partial charge in [-0.1, -0.05) is 0 Å². The Labute approximate surface area is 55.8 Å². The molecule has 0 saturated carbocycles. The van der Waals surface area contributed by atoms with Crippen LogP contribution in [0.5, 0.6) is 0 Å². The molecular weight excluding hydrogens is 114 g/mol. The zero-order valence-electron chi connectivity index (χ0n) is 6.11. The van der Waals surface area contributed by atoms with Gasteiger partial charge in [0.2, 0.25) is 0 Å². The number of likely N-dealkylation sites (N-methyl/N-ethyl adjacent to an activating group) is 1. The third-order valence-electron chi connectivity index (χ3n) is 2.48. The Hall–Kier alpha value is -0.370. The molecule has 1 unspecified atom stereocenters. The summed E-state index contributed by atoms with van der Waals surface area (Å²) < 4.78 is 0. The number of hydrogen-bond donors (Lipinski definition) is 1. The highest BCUT2D eigenvalue weighted by Gasteiger charge is 2.37. The van der Waals surface area contributed by atoms with Crippen molar-refractivity contribution in [3.8, 4) is 0 Å². The molecule has 0 amide bonds. The summed E-state index contributed by atoms with van der Waals surface area (Å²) in [5.74, 6) is 0. The molecule has 1 N–H and O–H groups in total. The molecule has 1 fully saturated rings. The second-order valence-corrected chi connectivity index (χ2v) is 3.17. The van der Waals surface area contributed by atoms with Crippen molar-refractivity contribution in [3.63, 3.8) is 0 Å². The van der Waals surface area contributed by atoms with E-state index in [-0.39, 0.29) is 5.54 Å². The molecule has 0 aromatic heterocycles. The average molecular weight is 128 g/mol. The minimum atomic E-state index is -0.0694. The van der Waals surface area contributed by atoms with Crippen LogP contribution in [0.2, 0.25) is 0 Å². The van der Waals surface area contributed by atoms with Crippen molar-refractivity contribution in [2.45, 2.75) is 25.3 Å². The van der Waals surface area contributed by atoms with Gasteiger partial charge in [-0.15, -0.1) is 0 Å². The Morgan fingerprint density at radius 2 is 2.33 bits per heavy atom. The van der Waals surface area contributed by atoms with Crippen molar-refractivity contribution < 1.29 is 9.69 Å². The second-order valence-electron chi connectivity index (χ2n) is 3.17. The Kier molecular flexibility index (Phi) is 1.58. The monoisotopic (exact) mass is 128 g/mol. The highest BCUT2D eigenvalue weighted by molar-refractivity contribution is 5.61. The van der Waals surface area contributed by atoms with Crippen LogP contribution in [-0.4, -0.2) is 25.4 Å². The van der Waals surface area contributed by atoms with Gasteiger partial charge in [-0.3, -0.25) is 4.79 Å². The van der Waals surface area contributed by atoms with Crippen LogP contribution in [0.1, 0.15) is 19.8 Å². The van der Waals surface area contributed by atoms with Crippen LogP contribution in [0.3, 0.4) is 0 Å². The summed E-state index contributed by atoms with van der Waals surface area (Å²) in [5, 5.41) is 0. The zero-order chi connectivity index (χ0) is 6.91. The number of nitrogens with one attached hydrogen (secondary N) is 1. The van der Waals surface area contributed by atoms with Crippen LogP contribution in [0.25, 0.3) is 0 Å². The molecular formula is C7H14NO+. The molecule has 1 aliphatic rings. The van der Waals surface area contributed by atoms with Crippen LogP contribution < -0.4 is 4.90 Å². The molecule has 0 aromatic carbocycles. The number of quaternary nitrogens is 1. The fourth-order valence-electron chi connectivity index (χ4n) is 1.38. The van der Waals surface area contributed by atoms with E-state index >= 15 is 0 Å². The summed E-state index contributed by atoms with van der Waals surface area (Å²) >= 11 is 0. The van der Waals surface area contributed by atoms with E-state index in [2.05, 4.69) is 7.05 Å². The molecule has 0 radical (unpaired) electrons. The van der Waals surface area contributed by atoms with Crippen molar-refractivity contribution in [2.24, 2.45) is 0 Å².